The molecule has 4 nitrogen and oxygen atoms in total. The summed E-state index contributed by atoms with van der Waals surface area (Å²) in [6, 6.07) is 0. The molecule has 0 aromatic carbocycles. The van der Waals surface area contributed by atoms with E-state index in [2.05, 4.69) is 5.92 Å². The first-order chi connectivity index (χ1) is 8.55. The molecule has 0 aromatic rings. The summed E-state index contributed by atoms with van der Waals surface area (Å²) in [5.74, 6) is 1.46. The Kier molecular flexibility index (Phi) is 5.21. The van der Waals surface area contributed by atoms with Crippen molar-refractivity contribution in [3.05, 3.63) is 0 Å². The Balaban J connectivity index is 2.75. The molecule has 0 bridgehead atoms. The molecule has 1 saturated carbocycles. The van der Waals surface area contributed by atoms with E-state index in [-0.39, 0.29) is 18.9 Å². The number of carbonyl (C=O) groups excluding carboxylic acids is 1. The predicted octanol–water partition coefficient (Wildman–Crippen LogP) is 1.89. The van der Waals surface area contributed by atoms with Gasteiger partial charge in [0.2, 0.25) is 5.91 Å². The number of carbonyl (C=O) groups is 2. The standard InChI is InChI=1S/C14H21NO3/c1-3-10-15(4-2)12(16)11-14(13(17)18)8-6-5-7-9-14/h1H,4-11H2,2H3,(H,17,18). The van der Waals surface area contributed by atoms with Gasteiger partial charge >= 0.3 is 5.97 Å². The molecule has 1 amide bonds. The molecule has 1 aliphatic carbocycles. The van der Waals surface area contributed by atoms with E-state index in [0.29, 0.717) is 19.4 Å². The second-order valence-electron chi connectivity index (χ2n) is 4.93. The zero-order chi connectivity index (χ0) is 13.6. The van der Waals surface area contributed by atoms with Gasteiger partial charge in [-0.2, -0.15) is 0 Å². The molecule has 0 heterocycles. The highest BCUT2D eigenvalue weighted by molar-refractivity contribution is 5.85. The number of rotatable bonds is 5. The Bertz CT molecular complexity index is 351. The first kappa shape index (κ1) is 14.6. The van der Waals surface area contributed by atoms with Gasteiger partial charge in [0, 0.05) is 13.0 Å². The maximum Gasteiger partial charge on any atom is 0.310 e. The van der Waals surface area contributed by atoms with Crippen LogP contribution in [0.2, 0.25) is 0 Å². The molecule has 0 aromatic heterocycles. The Labute approximate surface area is 108 Å². The quantitative estimate of drug-likeness (QED) is 0.759. The van der Waals surface area contributed by atoms with Crippen LogP contribution in [-0.2, 0) is 9.59 Å². The molecule has 1 N–H and O–H groups in total. The number of nitrogens with zero attached hydrogens (tertiary/aromatic N) is 1. The first-order valence-electron chi connectivity index (χ1n) is 6.50. The van der Waals surface area contributed by atoms with Crippen LogP contribution in [0.15, 0.2) is 0 Å². The minimum atomic E-state index is -0.864. The monoisotopic (exact) mass is 251 g/mol. The summed E-state index contributed by atoms with van der Waals surface area (Å²) in [7, 11) is 0. The van der Waals surface area contributed by atoms with Crippen molar-refractivity contribution in [3.8, 4) is 12.3 Å². The summed E-state index contributed by atoms with van der Waals surface area (Å²) < 4.78 is 0. The van der Waals surface area contributed by atoms with Gasteiger partial charge in [0.25, 0.3) is 0 Å². The molecule has 4 heteroatoms. The van der Waals surface area contributed by atoms with Gasteiger partial charge in [0.1, 0.15) is 0 Å². The van der Waals surface area contributed by atoms with E-state index >= 15 is 0 Å². The molecule has 0 atom stereocenters. The Hall–Kier alpha value is -1.50. The van der Waals surface area contributed by atoms with Crippen LogP contribution in [0.25, 0.3) is 0 Å². The van der Waals surface area contributed by atoms with Crippen LogP contribution in [0.3, 0.4) is 0 Å². The van der Waals surface area contributed by atoms with Gasteiger partial charge in [0.05, 0.1) is 12.0 Å². The summed E-state index contributed by atoms with van der Waals surface area (Å²) in [5, 5.41) is 9.41. The molecule has 0 unspecified atom stereocenters. The van der Waals surface area contributed by atoms with Crippen LogP contribution >= 0.6 is 0 Å². The molecule has 0 aliphatic heterocycles. The van der Waals surface area contributed by atoms with Crippen molar-refractivity contribution in [3.63, 3.8) is 0 Å². The van der Waals surface area contributed by atoms with Crippen LogP contribution in [0.4, 0.5) is 0 Å². The lowest BCUT2D eigenvalue weighted by molar-refractivity contribution is -0.155. The summed E-state index contributed by atoms with van der Waals surface area (Å²) >= 11 is 0. The van der Waals surface area contributed by atoms with E-state index in [0.717, 1.165) is 19.3 Å². The molecule has 100 valence electrons. The lowest BCUT2D eigenvalue weighted by Crippen LogP contribution is -2.41. The Morgan fingerprint density at radius 1 is 1.33 bits per heavy atom. The highest BCUT2D eigenvalue weighted by Gasteiger charge is 2.42. The zero-order valence-electron chi connectivity index (χ0n) is 10.9. The van der Waals surface area contributed by atoms with Crippen LogP contribution in [0, 0.1) is 17.8 Å². The molecule has 1 aliphatic rings. The molecule has 1 fully saturated rings. The number of terminal acetylenes is 1. The molecular weight excluding hydrogens is 230 g/mol. The zero-order valence-corrected chi connectivity index (χ0v) is 10.9. The first-order valence-corrected chi connectivity index (χ1v) is 6.50. The largest absolute Gasteiger partial charge is 0.481 e. The maximum absolute atomic E-state index is 12.1. The van der Waals surface area contributed by atoms with Gasteiger partial charge in [-0.3, -0.25) is 9.59 Å². The molecule has 1 rings (SSSR count). The minimum absolute atomic E-state index is 0.0812. The van der Waals surface area contributed by atoms with Gasteiger partial charge < -0.3 is 10.0 Å². The minimum Gasteiger partial charge on any atom is -0.481 e. The fourth-order valence-corrected chi connectivity index (χ4v) is 2.58. The van der Waals surface area contributed by atoms with Crippen molar-refractivity contribution in [2.24, 2.45) is 5.41 Å². The van der Waals surface area contributed by atoms with E-state index in [1.54, 1.807) is 4.90 Å². The molecule has 0 spiro atoms. The highest BCUT2D eigenvalue weighted by Crippen LogP contribution is 2.40. The van der Waals surface area contributed by atoms with Gasteiger partial charge in [0.15, 0.2) is 0 Å². The third-order valence-corrected chi connectivity index (χ3v) is 3.77. The number of hydrogen-bond donors (Lipinski definition) is 1. The Morgan fingerprint density at radius 3 is 2.39 bits per heavy atom. The number of carboxylic acids is 1. The lowest BCUT2D eigenvalue weighted by atomic mass is 9.71. The van der Waals surface area contributed by atoms with Crippen molar-refractivity contribution in [1.82, 2.24) is 4.90 Å². The number of aliphatic carboxylic acids is 1. The average Bonchev–Trinajstić information content (AvgIpc) is 2.36. The second kappa shape index (κ2) is 6.44. The van der Waals surface area contributed by atoms with E-state index < -0.39 is 11.4 Å². The van der Waals surface area contributed by atoms with E-state index in [4.69, 9.17) is 6.42 Å². The van der Waals surface area contributed by atoms with E-state index in [1.807, 2.05) is 6.92 Å². The molecule has 0 radical (unpaired) electrons. The Morgan fingerprint density at radius 2 is 1.94 bits per heavy atom. The van der Waals surface area contributed by atoms with E-state index in [9.17, 15) is 14.7 Å². The SMILES string of the molecule is C#CCN(CC)C(=O)CC1(C(=O)O)CCCCC1. The molecule has 18 heavy (non-hydrogen) atoms. The van der Waals surface area contributed by atoms with Crippen molar-refractivity contribution in [2.75, 3.05) is 13.1 Å². The van der Waals surface area contributed by atoms with Crippen molar-refractivity contribution >= 4 is 11.9 Å². The molecule has 0 saturated heterocycles. The lowest BCUT2D eigenvalue weighted by Gasteiger charge is -2.34. The summed E-state index contributed by atoms with van der Waals surface area (Å²) in [5.41, 5.74) is -0.864. The number of hydrogen-bond acceptors (Lipinski definition) is 2. The van der Waals surface area contributed by atoms with Crippen molar-refractivity contribution < 1.29 is 14.7 Å². The predicted molar refractivity (Wildman–Crippen MR) is 68.9 cm³/mol. The van der Waals surface area contributed by atoms with Crippen LogP contribution in [0.5, 0.6) is 0 Å². The summed E-state index contributed by atoms with van der Waals surface area (Å²) in [6.07, 6.45) is 9.33. The third-order valence-electron chi connectivity index (χ3n) is 3.77. The van der Waals surface area contributed by atoms with E-state index in [1.165, 1.54) is 0 Å². The van der Waals surface area contributed by atoms with Gasteiger partial charge in [-0.1, -0.05) is 25.2 Å². The normalized spacial score (nSPS) is 17.8. The van der Waals surface area contributed by atoms with Crippen LogP contribution in [0.1, 0.15) is 45.4 Å². The summed E-state index contributed by atoms with van der Waals surface area (Å²) in [4.78, 5) is 25.1. The van der Waals surface area contributed by atoms with Gasteiger partial charge in [-0.15, -0.1) is 6.42 Å². The second-order valence-corrected chi connectivity index (χ2v) is 4.93. The fraction of sp³-hybridized carbons (Fsp3) is 0.714. The molecular formula is C14H21NO3. The number of carboxylic acid groups (broad SMARTS) is 1. The average molecular weight is 251 g/mol. The van der Waals surface area contributed by atoms with Gasteiger partial charge in [-0.05, 0) is 19.8 Å². The smallest absolute Gasteiger partial charge is 0.310 e. The van der Waals surface area contributed by atoms with Gasteiger partial charge in [-0.25, -0.2) is 0 Å². The topological polar surface area (TPSA) is 57.6 Å². The van der Waals surface area contributed by atoms with Crippen LogP contribution < -0.4 is 0 Å². The van der Waals surface area contributed by atoms with Crippen molar-refractivity contribution in [2.45, 2.75) is 45.4 Å². The third kappa shape index (κ3) is 3.25. The maximum atomic E-state index is 12.1. The summed E-state index contributed by atoms with van der Waals surface area (Å²) in [6.45, 7) is 2.63. The van der Waals surface area contributed by atoms with Crippen molar-refractivity contribution in [1.29, 1.82) is 0 Å². The fourth-order valence-electron chi connectivity index (χ4n) is 2.58. The number of amides is 1. The highest BCUT2D eigenvalue weighted by atomic mass is 16.4. The van der Waals surface area contributed by atoms with Crippen LogP contribution in [-0.4, -0.2) is 35.0 Å².